The summed E-state index contributed by atoms with van der Waals surface area (Å²) < 4.78 is 37.4. The van der Waals surface area contributed by atoms with E-state index in [0.717, 1.165) is 24.9 Å². The summed E-state index contributed by atoms with van der Waals surface area (Å²) in [4.78, 5) is 0. The van der Waals surface area contributed by atoms with Crippen LogP contribution in [-0.4, -0.2) is 6.54 Å². The predicted molar refractivity (Wildman–Crippen MR) is 56.2 cm³/mol. The Morgan fingerprint density at radius 2 is 2.06 bits per heavy atom. The molecule has 0 amide bonds. The van der Waals surface area contributed by atoms with Gasteiger partial charge in [-0.2, -0.15) is 13.2 Å². The molecule has 0 bridgehead atoms. The van der Waals surface area contributed by atoms with Gasteiger partial charge in [0, 0.05) is 6.04 Å². The second-order valence-corrected chi connectivity index (χ2v) is 4.22. The zero-order chi connectivity index (χ0) is 11.8. The summed E-state index contributed by atoms with van der Waals surface area (Å²) >= 11 is 0. The van der Waals surface area contributed by atoms with E-state index >= 15 is 0 Å². The zero-order valence-corrected chi connectivity index (χ0v) is 9.06. The standard InChI is InChI=1S/C12H14F3N/c1-8-7-9(12(13,14)15)4-5-10(8)11-3-2-6-16-11/h4-5,7,11,16H,2-3,6H2,1H3. The molecule has 16 heavy (non-hydrogen) atoms. The zero-order valence-electron chi connectivity index (χ0n) is 9.06. The number of aryl methyl sites for hydroxylation is 1. The van der Waals surface area contributed by atoms with Crippen LogP contribution in [0.3, 0.4) is 0 Å². The quantitative estimate of drug-likeness (QED) is 0.777. The largest absolute Gasteiger partial charge is 0.416 e. The van der Waals surface area contributed by atoms with Gasteiger partial charge in [-0.25, -0.2) is 0 Å². The Bertz CT molecular complexity index is 378. The van der Waals surface area contributed by atoms with Gasteiger partial charge in [-0.05, 0) is 49.6 Å². The first-order valence-electron chi connectivity index (χ1n) is 5.39. The first kappa shape index (κ1) is 11.5. The molecular formula is C12H14F3N. The van der Waals surface area contributed by atoms with Crippen LogP contribution in [-0.2, 0) is 6.18 Å². The Morgan fingerprint density at radius 3 is 2.56 bits per heavy atom. The summed E-state index contributed by atoms with van der Waals surface area (Å²) in [5, 5.41) is 3.29. The van der Waals surface area contributed by atoms with Crippen molar-refractivity contribution in [3.05, 3.63) is 34.9 Å². The lowest BCUT2D eigenvalue weighted by molar-refractivity contribution is -0.137. The molecule has 1 aromatic carbocycles. The minimum Gasteiger partial charge on any atom is -0.310 e. The van der Waals surface area contributed by atoms with Crippen LogP contribution in [0.2, 0.25) is 0 Å². The molecule has 0 saturated carbocycles. The smallest absolute Gasteiger partial charge is 0.310 e. The molecule has 1 N–H and O–H groups in total. The van der Waals surface area contributed by atoms with Gasteiger partial charge in [0.2, 0.25) is 0 Å². The van der Waals surface area contributed by atoms with Crippen molar-refractivity contribution in [2.45, 2.75) is 32.0 Å². The summed E-state index contributed by atoms with van der Waals surface area (Å²) in [6.45, 7) is 2.69. The Morgan fingerprint density at radius 1 is 1.31 bits per heavy atom. The first-order valence-corrected chi connectivity index (χ1v) is 5.39. The van der Waals surface area contributed by atoms with E-state index in [9.17, 15) is 13.2 Å². The first-order chi connectivity index (χ1) is 7.48. The molecule has 1 saturated heterocycles. The third-order valence-electron chi connectivity index (χ3n) is 3.03. The Balaban J connectivity index is 2.29. The maximum atomic E-state index is 12.5. The number of hydrogen-bond donors (Lipinski definition) is 1. The van der Waals surface area contributed by atoms with Gasteiger partial charge in [0.15, 0.2) is 0 Å². The van der Waals surface area contributed by atoms with Crippen molar-refractivity contribution in [2.75, 3.05) is 6.54 Å². The van der Waals surface area contributed by atoms with Crippen LogP contribution in [0.1, 0.15) is 35.6 Å². The Kier molecular flexibility index (Phi) is 2.93. The molecule has 1 nitrogen and oxygen atoms in total. The topological polar surface area (TPSA) is 12.0 Å². The van der Waals surface area contributed by atoms with Crippen molar-refractivity contribution in [2.24, 2.45) is 0 Å². The average molecular weight is 229 g/mol. The lowest BCUT2D eigenvalue weighted by Gasteiger charge is -2.16. The van der Waals surface area contributed by atoms with Crippen molar-refractivity contribution in [1.82, 2.24) is 5.32 Å². The normalized spacial score (nSPS) is 21.4. The van der Waals surface area contributed by atoms with Gasteiger partial charge in [-0.3, -0.25) is 0 Å². The second-order valence-electron chi connectivity index (χ2n) is 4.22. The molecule has 1 aliphatic rings. The molecule has 0 spiro atoms. The van der Waals surface area contributed by atoms with Gasteiger partial charge in [0.1, 0.15) is 0 Å². The van der Waals surface area contributed by atoms with Crippen LogP contribution >= 0.6 is 0 Å². The number of alkyl halides is 3. The highest BCUT2D eigenvalue weighted by Gasteiger charge is 2.31. The third-order valence-corrected chi connectivity index (χ3v) is 3.03. The van der Waals surface area contributed by atoms with Crippen LogP contribution in [0.4, 0.5) is 13.2 Å². The average Bonchev–Trinajstić information content (AvgIpc) is 2.69. The fraction of sp³-hybridized carbons (Fsp3) is 0.500. The minimum atomic E-state index is -4.24. The van der Waals surface area contributed by atoms with E-state index in [-0.39, 0.29) is 6.04 Å². The van der Waals surface area contributed by atoms with E-state index < -0.39 is 11.7 Å². The van der Waals surface area contributed by atoms with Gasteiger partial charge in [0.25, 0.3) is 0 Å². The van der Waals surface area contributed by atoms with Crippen LogP contribution in [0.5, 0.6) is 0 Å². The number of hydrogen-bond acceptors (Lipinski definition) is 1. The summed E-state index contributed by atoms with van der Waals surface area (Å²) in [5.41, 5.74) is 1.14. The van der Waals surface area contributed by atoms with Crippen molar-refractivity contribution >= 4 is 0 Å². The molecule has 2 rings (SSSR count). The maximum absolute atomic E-state index is 12.5. The molecule has 88 valence electrons. The maximum Gasteiger partial charge on any atom is 0.416 e. The van der Waals surface area contributed by atoms with Gasteiger partial charge in [-0.1, -0.05) is 6.07 Å². The lowest BCUT2D eigenvalue weighted by Crippen LogP contribution is -2.15. The molecule has 4 heteroatoms. The molecule has 1 heterocycles. The third kappa shape index (κ3) is 2.21. The molecule has 0 aliphatic carbocycles. The van der Waals surface area contributed by atoms with Crippen LogP contribution in [0.15, 0.2) is 18.2 Å². The van der Waals surface area contributed by atoms with Gasteiger partial charge >= 0.3 is 6.18 Å². The Labute approximate surface area is 92.7 Å². The Hall–Kier alpha value is -1.03. The predicted octanol–water partition coefficient (Wildman–Crippen LogP) is 3.44. The lowest BCUT2D eigenvalue weighted by atomic mass is 9.98. The highest BCUT2D eigenvalue weighted by molar-refractivity contribution is 5.35. The highest BCUT2D eigenvalue weighted by atomic mass is 19.4. The fourth-order valence-electron chi connectivity index (χ4n) is 2.19. The van der Waals surface area contributed by atoms with Gasteiger partial charge < -0.3 is 5.32 Å². The van der Waals surface area contributed by atoms with Gasteiger partial charge in [-0.15, -0.1) is 0 Å². The molecule has 1 unspecified atom stereocenters. The number of nitrogens with one attached hydrogen (secondary N) is 1. The van der Waals surface area contributed by atoms with E-state index in [4.69, 9.17) is 0 Å². The van der Waals surface area contributed by atoms with Crippen LogP contribution < -0.4 is 5.32 Å². The number of rotatable bonds is 1. The molecular weight excluding hydrogens is 215 g/mol. The molecule has 1 aromatic rings. The monoisotopic (exact) mass is 229 g/mol. The molecule has 1 fully saturated rings. The SMILES string of the molecule is Cc1cc(C(F)(F)F)ccc1C1CCCN1. The second kappa shape index (κ2) is 4.09. The highest BCUT2D eigenvalue weighted by Crippen LogP contribution is 2.33. The van der Waals surface area contributed by atoms with Crippen molar-refractivity contribution < 1.29 is 13.2 Å². The molecule has 0 radical (unpaired) electrons. The van der Waals surface area contributed by atoms with Crippen molar-refractivity contribution in [3.63, 3.8) is 0 Å². The summed E-state index contributed by atoms with van der Waals surface area (Å²) in [6.07, 6.45) is -2.15. The van der Waals surface area contributed by atoms with E-state index in [1.807, 2.05) is 0 Å². The summed E-state index contributed by atoms with van der Waals surface area (Å²) in [7, 11) is 0. The van der Waals surface area contributed by atoms with Crippen LogP contribution in [0.25, 0.3) is 0 Å². The summed E-state index contributed by atoms with van der Waals surface area (Å²) in [5.74, 6) is 0. The van der Waals surface area contributed by atoms with E-state index in [1.165, 1.54) is 12.1 Å². The van der Waals surface area contributed by atoms with Crippen molar-refractivity contribution in [3.8, 4) is 0 Å². The molecule has 0 aromatic heterocycles. The van der Waals surface area contributed by atoms with E-state index in [0.29, 0.717) is 5.56 Å². The minimum absolute atomic E-state index is 0.224. The van der Waals surface area contributed by atoms with Gasteiger partial charge in [0.05, 0.1) is 5.56 Å². The number of halogens is 3. The molecule has 1 aliphatic heterocycles. The van der Waals surface area contributed by atoms with E-state index in [1.54, 1.807) is 13.0 Å². The van der Waals surface area contributed by atoms with E-state index in [2.05, 4.69) is 5.32 Å². The van der Waals surface area contributed by atoms with Crippen molar-refractivity contribution in [1.29, 1.82) is 0 Å². The number of benzene rings is 1. The summed E-state index contributed by atoms with van der Waals surface area (Å²) in [6, 6.07) is 4.22. The fourth-order valence-corrected chi connectivity index (χ4v) is 2.19. The molecule has 1 atom stereocenters. The van der Waals surface area contributed by atoms with Crippen LogP contribution in [0, 0.1) is 6.92 Å².